The highest BCUT2D eigenvalue weighted by molar-refractivity contribution is 5.80. The van der Waals surface area contributed by atoms with E-state index in [2.05, 4.69) is 5.16 Å². The fourth-order valence-corrected chi connectivity index (χ4v) is 2.04. The van der Waals surface area contributed by atoms with E-state index in [0.29, 0.717) is 19.6 Å². The summed E-state index contributed by atoms with van der Waals surface area (Å²) in [5.41, 5.74) is 5.59. The van der Waals surface area contributed by atoms with Crippen LogP contribution in [-0.2, 0) is 0 Å². The van der Waals surface area contributed by atoms with Crippen molar-refractivity contribution in [3.63, 3.8) is 0 Å². The third kappa shape index (κ3) is 3.53. The number of ether oxygens (including phenoxy) is 2. The van der Waals surface area contributed by atoms with E-state index in [0.717, 1.165) is 24.3 Å². The Hall–Kier alpha value is -1.91. The number of hydrogen-bond donors (Lipinski definition) is 2. The fraction of sp³-hybridized carbons (Fsp3) is 0.500. The van der Waals surface area contributed by atoms with Crippen molar-refractivity contribution in [2.45, 2.75) is 26.2 Å². The summed E-state index contributed by atoms with van der Waals surface area (Å²) in [6, 6.07) is 7.62. The van der Waals surface area contributed by atoms with Gasteiger partial charge >= 0.3 is 0 Å². The lowest BCUT2D eigenvalue weighted by Gasteiger charge is -2.17. The average Bonchev–Trinajstić information content (AvgIpc) is 3.18. The molecule has 1 aromatic carbocycles. The quantitative estimate of drug-likeness (QED) is 0.343. The number of nitrogens with two attached hydrogens (primary N) is 1. The van der Waals surface area contributed by atoms with Crippen LogP contribution in [0.3, 0.4) is 0 Å². The van der Waals surface area contributed by atoms with Crippen LogP contribution in [0.1, 0.15) is 26.2 Å². The summed E-state index contributed by atoms with van der Waals surface area (Å²) >= 11 is 0. The molecule has 0 amide bonds. The molecule has 0 unspecified atom stereocenters. The summed E-state index contributed by atoms with van der Waals surface area (Å²) in [6.07, 6.45) is 2.65. The van der Waals surface area contributed by atoms with E-state index in [-0.39, 0.29) is 11.3 Å². The lowest BCUT2D eigenvalue weighted by Crippen LogP contribution is -2.22. The van der Waals surface area contributed by atoms with Crippen molar-refractivity contribution >= 4 is 5.84 Å². The number of oxime groups is 1. The topological polar surface area (TPSA) is 77.1 Å². The van der Waals surface area contributed by atoms with E-state index in [4.69, 9.17) is 20.4 Å². The van der Waals surface area contributed by atoms with Gasteiger partial charge in [-0.15, -0.1) is 0 Å². The minimum Gasteiger partial charge on any atom is -0.490 e. The highest BCUT2D eigenvalue weighted by Gasteiger charge is 2.44. The predicted octanol–water partition coefficient (Wildman–Crippen LogP) is 2.38. The van der Waals surface area contributed by atoms with Gasteiger partial charge in [0.1, 0.15) is 5.84 Å². The first kappa shape index (κ1) is 13.5. The maximum Gasteiger partial charge on any atom is 0.161 e. The van der Waals surface area contributed by atoms with Crippen molar-refractivity contribution < 1.29 is 14.7 Å². The molecular weight excluding hydrogens is 244 g/mol. The zero-order chi connectivity index (χ0) is 13.7. The van der Waals surface area contributed by atoms with Crippen molar-refractivity contribution in [3.8, 4) is 11.5 Å². The Kier molecular flexibility index (Phi) is 4.14. The highest BCUT2D eigenvalue weighted by atomic mass is 16.5. The van der Waals surface area contributed by atoms with Gasteiger partial charge in [0.15, 0.2) is 11.5 Å². The van der Waals surface area contributed by atoms with E-state index in [1.54, 1.807) is 0 Å². The minimum atomic E-state index is 0.0235. The molecule has 0 bridgehead atoms. The number of nitrogens with zero attached hydrogens (tertiary/aromatic N) is 1. The van der Waals surface area contributed by atoms with Crippen LogP contribution in [-0.4, -0.2) is 24.3 Å². The number of para-hydroxylation sites is 2. The molecule has 5 heteroatoms. The molecular formula is C14H20N2O3. The van der Waals surface area contributed by atoms with Crippen LogP contribution >= 0.6 is 0 Å². The summed E-state index contributed by atoms with van der Waals surface area (Å²) in [6.45, 7) is 3.11. The molecule has 3 N–H and O–H groups in total. The Morgan fingerprint density at radius 3 is 2.47 bits per heavy atom. The summed E-state index contributed by atoms with van der Waals surface area (Å²) in [7, 11) is 0. The fourth-order valence-electron chi connectivity index (χ4n) is 2.04. The number of benzene rings is 1. The SMILES string of the molecule is CCOc1ccccc1OCC1(CC(N)=NO)CC1. The molecule has 0 aromatic heterocycles. The van der Waals surface area contributed by atoms with Gasteiger partial charge in [-0.25, -0.2) is 0 Å². The van der Waals surface area contributed by atoms with Gasteiger partial charge in [-0.1, -0.05) is 17.3 Å². The standard InChI is InChI=1S/C14H20N2O3/c1-2-18-11-5-3-4-6-12(11)19-10-14(7-8-14)9-13(15)16-17/h3-6,17H,2,7-10H2,1H3,(H2,15,16). The summed E-state index contributed by atoms with van der Waals surface area (Å²) in [4.78, 5) is 0. The van der Waals surface area contributed by atoms with Gasteiger partial charge in [-0.2, -0.15) is 0 Å². The first-order chi connectivity index (χ1) is 9.19. The smallest absolute Gasteiger partial charge is 0.161 e. The van der Waals surface area contributed by atoms with Crippen molar-refractivity contribution in [2.24, 2.45) is 16.3 Å². The third-order valence-corrected chi connectivity index (χ3v) is 3.32. The molecule has 104 valence electrons. The van der Waals surface area contributed by atoms with Crippen LogP contribution in [0.4, 0.5) is 0 Å². The van der Waals surface area contributed by atoms with Crippen LogP contribution in [0, 0.1) is 5.41 Å². The van der Waals surface area contributed by atoms with E-state index < -0.39 is 0 Å². The third-order valence-electron chi connectivity index (χ3n) is 3.32. The van der Waals surface area contributed by atoms with E-state index in [1.807, 2.05) is 31.2 Å². The second-order valence-corrected chi connectivity index (χ2v) is 4.94. The average molecular weight is 264 g/mol. The Bertz CT molecular complexity index is 456. The summed E-state index contributed by atoms with van der Waals surface area (Å²) in [5, 5.41) is 11.7. The van der Waals surface area contributed by atoms with Gasteiger partial charge in [-0.3, -0.25) is 0 Å². The maximum absolute atomic E-state index is 8.63. The summed E-state index contributed by atoms with van der Waals surface area (Å²) in [5.74, 6) is 1.76. The van der Waals surface area contributed by atoms with Gasteiger partial charge in [0.25, 0.3) is 0 Å². The molecule has 19 heavy (non-hydrogen) atoms. The van der Waals surface area contributed by atoms with Gasteiger partial charge in [-0.05, 0) is 31.9 Å². The Labute approximate surface area is 113 Å². The first-order valence-corrected chi connectivity index (χ1v) is 6.50. The molecule has 1 fully saturated rings. The number of hydrogen-bond acceptors (Lipinski definition) is 4. The number of amidine groups is 1. The van der Waals surface area contributed by atoms with Gasteiger partial charge < -0.3 is 20.4 Å². The minimum absolute atomic E-state index is 0.0235. The zero-order valence-electron chi connectivity index (χ0n) is 11.1. The lowest BCUT2D eigenvalue weighted by molar-refractivity contribution is 0.221. The Morgan fingerprint density at radius 2 is 1.95 bits per heavy atom. The molecule has 0 radical (unpaired) electrons. The summed E-state index contributed by atoms with van der Waals surface area (Å²) < 4.78 is 11.4. The van der Waals surface area contributed by atoms with Crippen LogP contribution in [0.5, 0.6) is 11.5 Å². The van der Waals surface area contributed by atoms with Crippen LogP contribution in [0.15, 0.2) is 29.4 Å². The first-order valence-electron chi connectivity index (χ1n) is 6.50. The monoisotopic (exact) mass is 264 g/mol. The molecule has 0 heterocycles. The molecule has 5 nitrogen and oxygen atoms in total. The molecule has 0 saturated heterocycles. The second kappa shape index (κ2) is 5.82. The highest BCUT2D eigenvalue weighted by Crippen LogP contribution is 2.49. The molecule has 1 aromatic rings. The van der Waals surface area contributed by atoms with Gasteiger partial charge in [0.05, 0.1) is 13.2 Å². The van der Waals surface area contributed by atoms with E-state index >= 15 is 0 Å². The largest absolute Gasteiger partial charge is 0.490 e. The van der Waals surface area contributed by atoms with Crippen molar-refractivity contribution in [2.75, 3.05) is 13.2 Å². The van der Waals surface area contributed by atoms with E-state index in [9.17, 15) is 0 Å². The van der Waals surface area contributed by atoms with Crippen molar-refractivity contribution in [1.82, 2.24) is 0 Å². The predicted molar refractivity (Wildman–Crippen MR) is 72.8 cm³/mol. The van der Waals surface area contributed by atoms with Crippen molar-refractivity contribution in [1.29, 1.82) is 0 Å². The van der Waals surface area contributed by atoms with Crippen LogP contribution in [0.25, 0.3) is 0 Å². The molecule has 0 spiro atoms. The van der Waals surface area contributed by atoms with Gasteiger partial charge in [0, 0.05) is 11.8 Å². The normalized spacial score (nSPS) is 17.0. The van der Waals surface area contributed by atoms with E-state index in [1.165, 1.54) is 0 Å². The number of rotatable bonds is 7. The maximum atomic E-state index is 8.63. The Morgan fingerprint density at radius 1 is 1.32 bits per heavy atom. The molecule has 1 aliphatic carbocycles. The van der Waals surface area contributed by atoms with Gasteiger partial charge in [0.2, 0.25) is 0 Å². The molecule has 0 aliphatic heterocycles. The second-order valence-electron chi connectivity index (χ2n) is 4.94. The lowest BCUT2D eigenvalue weighted by atomic mass is 10.0. The molecule has 1 aliphatic rings. The molecule has 2 rings (SSSR count). The van der Waals surface area contributed by atoms with Crippen LogP contribution < -0.4 is 15.2 Å². The molecule has 1 saturated carbocycles. The zero-order valence-corrected chi connectivity index (χ0v) is 11.1. The van der Waals surface area contributed by atoms with Crippen LogP contribution in [0.2, 0.25) is 0 Å². The molecule has 0 atom stereocenters. The van der Waals surface area contributed by atoms with Crippen molar-refractivity contribution in [3.05, 3.63) is 24.3 Å². The Balaban J connectivity index is 1.95.